The smallest absolute Gasteiger partial charge is 0.190 e. The molecule has 8 unspecified atom stereocenters. The van der Waals surface area contributed by atoms with Crippen LogP contribution in [0.3, 0.4) is 0 Å². The summed E-state index contributed by atoms with van der Waals surface area (Å²) in [5, 5.41) is 52.0. The van der Waals surface area contributed by atoms with Crippen molar-refractivity contribution in [3.8, 4) is 11.5 Å². The summed E-state index contributed by atoms with van der Waals surface area (Å²) in [5.41, 5.74) is 2.80. The topological polar surface area (TPSA) is 152 Å². The number of benzene rings is 1. The molecule has 0 heterocycles. The highest BCUT2D eigenvalue weighted by Gasteiger charge is 2.63. The van der Waals surface area contributed by atoms with Crippen LogP contribution < -0.4 is 0 Å². The van der Waals surface area contributed by atoms with Crippen LogP contribution in [0.25, 0.3) is 0 Å². The van der Waals surface area contributed by atoms with E-state index < -0.39 is 29.7 Å². The number of phenolic OH excluding ortho intramolecular Hbond substituents is 2. The van der Waals surface area contributed by atoms with Crippen LogP contribution in [0.1, 0.15) is 150 Å². The van der Waals surface area contributed by atoms with E-state index in [1.807, 2.05) is 26.0 Å². The molecule has 59 heavy (non-hydrogen) atoms. The molecule has 2 saturated carbocycles. The van der Waals surface area contributed by atoms with E-state index >= 15 is 0 Å². The summed E-state index contributed by atoms with van der Waals surface area (Å²) in [6, 6.07) is 3.68. The van der Waals surface area contributed by atoms with Crippen molar-refractivity contribution < 1.29 is 39.9 Å². The Morgan fingerprint density at radius 2 is 1.61 bits per heavy atom. The SMILES string of the molecule is CC(=CCCC(C)=CCCC(=CC(=O)c1cc(O)ccc1O)C(=O)C(CCC(C)C1CCC2(C)C3=CCC4C(C)(C)C(=O)CCC4(C)C3=CCC12C)C(C)(O)CO)CO. The molecule has 4 aliphatic rings. The van der Waals surface area contributed by atoms with Crippen LogP contribution in [0.5, 0.6) is 11.5 Å². The average molecular weight is 813 g/mol. The van der Waals surface area contributed by atoms with Gasteiger partial charge in [-0.15, -0.1) is 0 Å². The van der Waals surface area contributed by atoms with Gasteiger partial charge in [0.2, 0.25) is 0 Å². The van der Waals surface area contributed by atoms with E-state index in [1.54, 1.807) is 0 Å². The molecule has 8 heteroatoms. The van der Waals surface area contributed by atoms with Gasteiger partial charge in [0, 0.05) is 11.8 Å². The minimum atomic E-state index is -1.75. The number of aliphatic hydroxyl groups is 3. The number of ketones is 3. The van der Waals surface area contributed by atoms with Gasteiger partial charge in [0.15, 0.2) is 11.6 Å². The molecule has 324 valence electrons. The number of carbonyl (C=O) groups excluding carboxylic acids is 3. The number of allylic oxidation sites excluding steroid dienone is 9. The van der Waals surface area contributed by atoms with E-state index in [-0.39, 0.29) is 69.2 Å². The number of fused-ring (bicyclic) bond motifs is 5. The summed E-state index contributed by atoms with van der Waals surface area (Å²) in [6.07, 6.45) is 18.8. The van der Waals surface area contributed by atoms with Gasteiger partial charge < -0.3 is 25.5 Å². The fraction of sp³-hybridized carbons (Fsp3) is 0.627. The van der Waals surface area contributed by atoms with Crippen LogP contribution in [0.15, 0.2) is 76.4 Å². The molecule has 0 amide bonds. The van der Waals surface area contributed by atoms with Crippen LogP contribution in [0, 0.1) is 45.3 Å². The Labute approximate surface area is 353 Å². The van der Waals surface area contributed by atoms with Gasteiger partial charge in [0.1, 0.15) is 17.3 Å². The Hall–Kier alpha value is -3.59. The summed E-state index contributed by atoms with van der Waals surface area (Å²) in [4.78, 5) is 41.4. The normalized spacial score (nSPS) is 30.3. The molecule has 2 fully saturated rings. The Balaban J connectivity index is 1.39. The highest BCUT2D eigenvalue weighted by atomic mass is 16.3. The monoisotopic (exact) mass is 813 g/mol. The van der Waals surface area contributed by atoms with Crippen LogP contribution in [-0.4, -0.2) is 61.7 Å². The number of hydrogen-bond donors (Lipinski definition) is 5. The number of rotatable bonds is 17. The first kappa shape index (κ1) is 46.5. The lowest BCUT2D eigenvalue weighted by atomic mass is 9.44. The van der Waals surface area contributed by atoms with E-state index in [2.05, 4.69) is 53.7 Å². The first-order valence-corrected chi connectivity index (χ1v) is 22.1. The maximum Gasteiger partial charge on any atom is 0.190 e. The Kier molecular flexibility index (Phi) is 14.0. The molecule has 0 aliphatic heterocycles. The van der Waals surface area contributed by atoms with E-state index in [0.717, 1.165) is 56.1 Å². The van der Waals surface area contributed by atoms with Crippen molar-refractivity contribution in [2.45, 2.75) is 145 Å². The molecule has 8 atom stereocenters. The van der Waals surface area contributed by atoms with Gasteiger partial charge in [0.25, 0.3) is 0 Å². The second-order valence-corrected chi connectivity index (χ2v) is 20.2. The standard InChI is InChI=1S/C51H72O8/c1-32(12-10-14-33(2)30-52)13-11-15-35(28-43(56)37-29-36(54)17-20-42(37)55)46(58)41(51(9,59)31-53)18-16-34(3)38-22-26-50(8)40-19-21-44-47(4,5)45(57)24-25-48(44,6)39(40)23-27-49(38,50)7/h13-14,17,19-20,23,28-29,34,38,41,44,52-55,59H,10-12,15-16,18,21-22,24-27,30-31H2,1-9H3. The van der Waals surface area contributed by atoms with Gasteiger partial charge in [-0.3, -0.25) is 14.4 Å². The molecular formula is C51H72O8. The largest absolute Gasteiger partial charge is 0.508 e. The van der Waals surface area contributed by atoms with Crippen LogP contribution >= 0.6 is 0 Å². The molecule has 8 nitrogen and oxygen atoms in total. The van der Waals surface area contributed by atoms with Gasteiger partial charge in [-0.25, -0.2) is 0 Å². The summed E-state index contributed by atoms with van der Waals surface area (Å²) in [7, 11) is 0. The minimum absolute atomic E-state index is 0.0125. The second-order valence-electron chi connectivity index (χ2n) is 20.2. The lowest BCUT2D eigenvalue weighted by Gasteiger charge is -2.59. The molecule has 5 N–H and O–H groups in total. The Morgan fingerprint density at radius 3 is 2.29 bits per heavy atom. The predicted octanol–water partition coefficient (Wildman–Crippen LogP) is 10.1. The maximum atomic E-state index is 14.7. The fourth-order valence-electron chi connectivity index (χ4n) is 11.9. The van der Waals surface area contributed by atoms with Crippen molar-refractivity contribution in [1.82, 2.24) is 0 Å². The summed E-state index contributed by atoms with van der Waals surface area (Å²) in [6.45, 7) is 18.6. The van der Waals surface area contributed by atoms with Crippen molar-refractivity contribution >= 4 is 17.3 Å². The number of aromatic hydroxyl groups is 2. The van der Waals surface area contributed by atoms with Gasteiger partial charge in [-0.2, -0.15) is 0 Å². The average Bonchev–Trinajstić information content (AvgIpc) is 3.47. The number of aliphatic hydroxyl groups excluding tert-OH is 2. The van der Waals surface area contributed by atoms with Crippen molar-refractivity contribution in [2.24, 2.45) is 45.3 Å². The van der Waals surface area contributed by atoms with Crippen LogP contribution in [0.4, 0.5) is 0 Å². The van der Waals surface area contributed by atoms with Crippen molar-refractivity contribution in [2.75, 3.05) is 13.2 Å². The Bertz CT molecular complexity index is 1940. The van der Waals surface area contributed by atoms with Crippen molar-refractivity contribution in [1.29, 1.82) is 0 Å². The molecule has 5 rings (SSSR count). The number of Topliss-reactive ketones (excluding diaryl/α,β-unsaturated/α-hetero) is 2. The third-order valence-corrected chi connectivity index (χ3v) is 16.1. The molecule has 1 aromatic rings. The van der Waals surface area contributed by atoms with Crippen LogP contribution in [-0.2, 0) is 9.59 Å². The molecule has 4 aliphatic carbocycles. The third-order valence-electron chi connectivity index (χ3n) is 16.1. The maximum absolute atomic E-state index is 14.7. The first-order valence-electron chi connectivity index (χ1n) is 22.1. The molecule has 1 aromatic carbocycles. The number of phenols is 2. The lowest BCUT2D eigenvalue weighted by molar-refractivity contribution is -0.138. The summed E-state index contributed by atoms with van der Waals surface area (Å²) >= 11 is 0. The Morgan fingerprint density at radius 1 is 0.932 bits per heavy atom. The van der Waals surface area contributed by atoms with E-state index in [4.69, 9.17) is 0 Å². The molecule has 0 spiro atoms. The first-order chi connectivity index (χ1) is 27.6. The summed E-state index contributed by atoms with van der Waals surface area (Å²) in [5.74, 6) is -1.33. The fourth-order valence-corrected chi connectivity index (χ4v) is 11.9. The summed E-state index contributed by atoms with van der Waals surface area (Å²) < 4.78 is 0. The predicted molar refractivity (Wildman–Crippen MR) is 234 cm³/mol. The molecular weight excluding hydrogens is 741 g/mol. The number of carbonyl (C=O) groups is 3. The molecule has 0 aromatic heterocycles. The molecule has 0 saturated heterocycles. The van der Waals surface area contributed by atoms with Gasteiger partial charge in [-0.1, -0.05) is 77.0 Å². The van der Waals surface area contributed by atoms with Gasteiger partial charge >= 0.3 is 0 Å². The van der Waals surface area contributed by atoms with E-state index in [9.17, 15) is 39.9 Å². The third kappa shape index (κ3) is 8.92. The van der Waals surface area contributed by atoms with Gasteiger partial charge in [0.05, 0.1) is 30.3 Å². The molecule has 0 radical (unpaired) electrons. The van der Waals surface area contributed by atoms with E-state index in [0.29, 0.717) is 37.4 Å². The van der Waals surface area contributed by atoms with Gasteiger partial charge in [-0.05, 0) is 166 Å². The number of hydrogen-bond acceptors (Lipinski definition) is 8. The van der Waals surface area contributed by atoms with Crippen molar-refractivity contribution in [3.63, 3.8) is 0 Å². The minimum Gasteiger partial charge on any atom is -0.508 e. The highest BCUT2D eigenvalue weighted by Crippen LogP contribution is 2.71. The zero-order valence-corrected chi connectivity index (χ0v) is 37.3. The molecule has 0 bridgehead atoms. The quantitative estimate of drug-likeness (QED) is 0.0451. The van der Waals surface area contributed by atoms with Crippen molar-refractivity contribution in [3.05, 3.63) is 82.0 Å². The lowest BCUT2D eigenvalue weighted by Crippen LogP contribution is -2.53. The zero-order valence-electron chi connectivity index (χ0n) is 37.3. The van der Waals surface area contributed by atoms with E-state index in [1.165, 1.54) is 42.3 Å². The zero-order chi connectivity index (χ0) is 43.7. The van der Waals surface area contributed by atoms with Crippen LogP contribution in [0.2, 0.25) is 0 Å². The second kappa shape index (κ2) is 17.8. The highest BCUT2D eigenvalue weighted by molar-refractivity contribution is 6.12.